The van der Waals surface area contributed by atoms with Gasteiger partial charge in [-0.25, -0.2) is 4.79 Å². The van der Waals surface area contributed by atoms with Crippen LogP contribution in [0.5, 0.6) is 0 Å². The number of imide groups is 1. The standard InChI is InChI=1S/C18H21ClN4O4/c19-13-6-3-5-12(11-13)15(25)22-21-14(24)7-4-10-23-16(26)18(20-17(23)27)8-1-2-9-18/h3,5-6,11H,1-2,4,7-10H2,(H,20,27)(H,21,24)(H,22,25). The molecule has 1 aliphatic heterocycles. The fraction of sp³-hybridized carbons (Fsp3) is 0.444. The fourth-order valence-corrected chi connectivity index (χ4v) is 3.68. The smallest absolute Gasteiger partial charge is 0.323 e. The second-order valence-corrected chi connectivity index (χ2v) is 7.23. The normalized spacial score (nSPS) is 17.9. The SMILES string of the molecule is O=C(CCCN1C(=O)NC2(CCCC2)C1=O)NNC(=O)c1cccc(Cl)c1. The van der Waals surface area contributed by atoms with E-state index in [2.05, 4.69) is 16.2 Å². The Labute approximate surface area is 161 Å². The Bertz CT molecular complexity index is 776. The molecule has 0 bridgehead atoms. The van der Waals surface area contributed by atoms with Crippen LogP contribution in [-0.2, 0) is 9.59 Å². The maximum absolute atomic E-state index is 12.5. The molecule has 1 saturated carbocycles. The quantitative estimate of drug-likeness (QED) is 0.524. The number of urea groups is 1. The Balaban J connectivity index is 1.41. The van der Waals surface area contributed by atoms with Crippen LogP contribution in [0, 0.1) is 0 Å². The van der Waals surface area contributed by atoms with E-state index in [9.17, 15) is 19.2 Å². The molecule has 1 aromatic rings. The number of hydrogen-bond donors (Lipinski definition) is 3. The van der Waals surface area contributed by atoms with Crippen molar-refractivity contribution >= 4 is 35.4 Å². The third-order valence-electron chi connectivity index (χ3n) is 4.89. The molecule has 9 heteroatoms. The summed E-state index contributed by atoms with van der Waals surface area (Å²) in [5.41, 5.74) is 4.21. The van der Waals surface area contributed by atoms with Crippen molar-refractivity contribution in [1.29, 1.82) is 0 Å². The molecule has 1 heterocycles. The zero-order valence-electron chi connectivity index (χ0n) is 14.7. The highest BCUT2D eigenvalue weighted by Crippen LogP contribution is 2.35. The van der Waals surface area contributed by atoms with E-state index in [1.807, 2.05) is 0 Å². The summed E-state index contributed by atoms with van der Waals surface area (Å²) in [5.74, 6) is -1.09. The number of rotatable bonds is 5. The number of halogens is 1. The first-order chi connectivity index (χ1) is 12.9. The topological polar surface area (TPSA) is 108 Å². The zero-order valence-corrected chi connectivity index (χ0v) is 15.5. The first-order valence-corrected chi connectivity index (χ1v) is 9.28. The van der Waals surface area contributed by atoms with Crippen molar-refractivity contribution in [3.63, 3.8) is 0 Å². The molecule has 3 rings (SSSR count). The minimum Gasteiger partial charge on any atom is -0.323 e. The molecule has 27 heavy (non-hydrogen) atoms. The van der Waals surface area contributed by atoms with Crippen molar-refractivity contribution in [1.82, 2.24) is 21.1 Å². The average Bonchev–Trinajstić information content (AvgIpc) is 3.20. The molecule has 1 spiro atoms. The van der Waals surface area contributed by atoms with Gasteiger partial charge in [-0.2, -0.15) is 0 Å². The van der Waals surface area contributed by atoms with Crippen molar-refractivity contribution in [2.75, 3.05) is 6.54 Å². The van der Waals surface area contributed by atoms with Gasteiger partial charge in [0.15, 0.2) is 0 Å². The highest BCUT2D eigenvalue weighted by Gasteiger charge is 2.51. The highest BCUT2D eigenvalue weighted by molar-refractivity contribution is 6.30. The van der Waals surface area contributed by atoms with Gasteiger partial charge in [0.25, 0.3) is 11.8 Å². The van der Waals surface area contributed by atoms with Gasteiger partial charge < -0.3 is 5.32 Å². The van der Waals surface area contributed by atoms with E-state index in [1.54, 1.807) is 18.2 Å². The van der Waals surface area contributed by atoms with E-state index < -0.39 is 23.4 Å². The monoisotopic (exact) mass is 392 g/mol. The predicted octanol–water partition coefficient (Wildman–Crippen LogP) is 1.75. The lowest BCUT2D eigenvalue weighted by atomic mass is 9.98. The highest BCUT2D eigenvalue weighted by atomic mass is 35.5. The van der Waals surface area contributed by atoms with E-state index in [0.717, 1.165) is 12.8 Å². The van der Waals surface area contributed by atoms with E-state index in [-0.39, 0.29) is 18.9 Å². The van der Waals surface area contributed by atoms with Crippen molar-refractivity contribution in [3.8, 4) is 0 Å². The van der Waals surface area contributed by atoms with Crippen LogP contribution in [0.3, 0.4) is 0 Å². The maximum Gasteiger partial charge on any atom is 0.325 e. The number of carbonyl (C=O) groups excluding carboxylic acids is 4. The molecule has 3 N–H and O–H groups in total. The Hall–Kier alpha value is -2.61. The maximum atomic E-state index is 12.5. The van der Waals surface area contributed by atoms with Crippen LogP contribution >= 0.6 is 11.6 Å². The van der Waals surface area contributed by atoms with Gasteiger partial charge in [0, 0.05) is 23.6 Å². The molecule has 2 aliphatic rings. The molecule has 1 aromatic carbocycles. The Kier molecular flexibility index (Phi) is 5.65. The van der Waals surface area contributed by atoms with Crippen LogP contribution < -0.4 is 16.2 Å². The van der Waals surface area contributed by atoms with Crippen LogP contribution in [0.25, 0.3) is 0 Å². The average molecular weight is 393 g/mol. The summed E-state index contributed by atoms with van der Waals surface area (Å²) in [5, 5.41) is 3.22. The summed E-state index contributed by atoms with van der Waals surface area (Å²) in [6.07, 6.45) is 3.57. The summed E-state index contributed by atoms with van der Waals surface area (Å²) < 4.78 is 0. The lowest BCUT2D eigenvalue weighted by Gasteiger charge is -2.19. The van der Waals surface area contributed by atoms with Crippen LogP contribution in [-0.4, -0.2) is 40.7 Å². The third-order valence-corrected chi connectivity index (χ3v) is 5.13. The predicted molar refractivity (Wildman–Crippen MR) is 97.7 cm³/mol. The Morgan fingerprint density at radius 2 is 1.93 bits per heavy atom. The molecule has 1 aliphatic carbocycles. The largest absolute Gasteiger partial charge is 0.325 e. The molecule has 2 fully saturated rings. The third kappa shape index (κ3) is 4.21. The first kappa shape index (κ1) is 19.2. The molecule has 0 atom stereocenters. The summed E-state index contributed by atoms with van der Waals surface area (Å²) in [6.45, 7) is 0.169. The van der Waals surface area contributed by atoms with E-state index in [1.165, 1.54) is 11.0 Å². The van der Waals surface area contributed by atoms with Gasteiger partial charge in [-0.05, 0) is 37.5 Å². The Morgan fingerprint density at radius 1 is 1.19 bits per heavy atom. The number of hydrazine groups is 1. The second kappa shape index (κ2) is 7.96. The number of nitrogens with one attached hydrogen (secondary N) is 3. The fourth-order valence-electron chi connectivity index (χ4n) is 3.49. The summed E-state index contributed by atoms with van der Waals surface area (Å²) in [4.78, 5) is 49.5. The van der Waals surface area contributed by atoms with Crippen LogP contribution in [0.15, 0.2) is 24.3 Å². The number of hydrogen-bond acceptors (Lipinski definition) is 4. The minimum absolute atomic E-state index is 0.0693. The number of nitrogens with zero attached hydrogens (tertiary/aromatic N) is 1. The van der Waals surface area contributed by atoms with E-state index in [4.69, 9.17) is 11.6 Å². The molecule has 1 saturated heterocycles. The molecular formula is C18H21ClN4O4. The van der Waals surface area contributed by atoms with Gasteiger partial charge in [-0.1, -0.05) is 30.5 Å². The molecule has 144 valence electrons. The lowest BCUT2D eigenvalue weighted by molar-refractivity contribution is -0.131. The molecule has 0 unspecified atom stereocenters. The van der Waals surface area contributed by atoms with Crippen LogP contribution in [0.1, 0.15) is 48.9 Å². The molecule has 0 radical (unpaired) electrons. The number of carbonyl (C=O) groups is 4. The molecule has 5 amide bonds. The van der Waals surface area contributed by atoms with Crippen molar-refractivity contribution < 1.29 is 19.2 Å². The van der Waals surface area contributed by atoms with Crippen molar-refractivity contribution in [2.24, 2.45) is 0 Å². The Morgan fingerprint density at radius 3 is 2.63 bits per heavy atom. The van der Waals surface area contributed by atoms with E-state index >= 15 is 0 Å². The molecule has 8 nitrogen and oxygen atoms in total. The number of amides is 5. The molecular weight excluding hydrogens is 372 g/mol. The summed E-state index contributed by atoms with van der Waals surface area (Å²) in [6, 6.07) is 5.94. The zero-order chi connectivity index (χ0) is 19.4. The first-order valence-electron chi connectivity index (χ1n) is 8.90. The van der Waals surface area contributed by atoms with Gasteiger partial charge in [0.05, 0.1) is 0 Å². The van der Waals surface area contributed by atoms with E-state index in [0.29, 0.717) is 29.8 Å². The van der Waals surface area contributed by atoms with Crippen LogP contribution in [0.4, 0.5) is 4.79 Å². The minimum atomic E-state index is -0.732. The van der Waals surface area contributed by atoms with Gasteiger partial charge in [-0.3, -0.25) is 30.1 Å². The van der Waals surface area contributed by atoms with Gasteiger partial charge in [0.2, 0.25) is 5.91 Å². The van der Waals surface area contributed by atoms with Crippen molar-refractivity contribution in [2.45, 2.75) is 44.1 Å². The number of benzene rings is 1. The van der Waals surface area contributed by atoms with Crippen molar-refractivity contribution in [3.05, 3.63) is 34.9 Å². The second-order valence-electron chi connectivity index (χ2n) is 6.79. The van der Waals surface area contributed by atoms with Gasteiger partial charge in [0.1, 0.15) is 5.54 Å². The summed E-state index contributed by atoms with van der Waals surface area (Å²) >= 11 is 5.82. The van der Waals surface area contributed by atoms with Crippen LogP contribution in [0.2, 0.25) is 5.02 Å². The lowest BCUT2D eigenvalue weighted by Crippen LogP contribution is -2.44. The summed E-state index contributed by atoms with van der Waals surface area (Å²) in [7, 11) is 0. The van der Waals surface area contributed by atoms with Gasteiger partial charge >= 0.3 is 6.03 Å². The molecule has 0 aromatic heterocycles. The van der Waals surface area contributed by atoms with Gasteiger partial charge in [-0.15, -0.1) is 0 Å².